The normalized spacial score (nSPS) is 18.5. The second-order valence-electron chi connectivity index (χ2n) is 4.44. The lowest BCUT2D eigenvalue weighted by Crippen LogP contribution is -2.32. The molecule has 1 aliphatic rings. The van der Waals surface area contributed by atoms with Gasteiger partial charge in [0.1, 0.15) is 0 Å². The van der Waals surface area contributed by atoms with Gasteiger partial charge in [-0.15, -0.1) is 0 Å². The highest BCUT2D eigenvalue weighted by Crippen LogP contribution is 2.49. The quantitative estimate of drug-likeness (QED) is 0.681. The van der Waals surface area contributed by atoms with Crippen LogP contribution in [0.4, 0.5) is 0 Å². The van der Waals surface area contributed by atoms with E-state index in [0.717, 1.165) is 38.9 Å². The summed E-state index contributed by atoms with van der Waals surface area (Å²) in [6, 6.07) is 0. The van der Waals surface area contributed by atoms with E-state index in [2.05, 4.69) is 18.7 Å². The molecular weight excluding hydrogens is 178 g/mol. The molecule has 0 aromatic heterocycles. The van der Waals surface area contributed by atoms with Crippen LogP contribution in [0, 0.1) is 5.41 Å². The molecule has 3 nitrogen and oxygen atoms in total. The third-order valence-corrected chi connectivity index (χ3v) is 3.03. The molecule has 1 N–H and O–H groups in total. The highest BCUT2D eigenvalue weighted by Gasteiger charge is 2.45. The Balaban J connectivity index is 2.37. The fraction of sp³-hybridized carbons (Fsp3) is 0.909. The van der Waals surface area contributed by atoms with Crippen molar-refractivity contribution in [2.75, 3.05) is 19.6 Å². The summed E-state index contributed by atoms with van der Waals surface area (Å²) in [5.41, 5.74) is 0.122. The van der Waals surface area contributed by atoms with Gasteiger partial charge in [-0.05, 0) is 37.8 Å². The van der Waals surface area contributed by atoms with Crippen molar-refractivity contribution < 1.29 is 9.90 Å². The van der Waals surface area contributed by atoms with Crippen LogP contribution in [0.25, 0.3) is 0 Å². The maximum absolute atomic E-state index is 10.7. The maximum Gasteiger partial charge on any atom is 0.303 e. The lowest BCUT2D eigenvalue weighted by atomic mass is 10.0. The third-order valence-electron chi connectivity index (χ3n) is 3.03. The SMILES string of the molecule is CCCN(CC)CC1(CC(=O)O)CC1. The first-order chi connectivity index (χ1) is 6.62. The third kappa shape index (κ3) is 3.29. The van der Waals surface area contributed by atoms with Crippen LogP contribution in [-0.2, 0) is 4.79 Å². The largest absolute Gasteiger partial charge is 0.481 e. The molecule has 0 aromatic rings. The van der Waals surface area contributed by atoms with Crippen molar-refractivity contribution in [2.45, 2.75) is 39.5 Å². The summed E-state index contributed by atoms with van der Waals surface area (Å²) >= 11 is 0. The number of rotatable bonds is 7. The predicted molar refractivity (Wildman–Crippen MR) is 56.3 cm³/mol. The molecule has 0 heterocycles. The smallest absolute Gasteiger partial charge is 0.303 e. The van der Waals surface area contributed by atoms with Crippen molar-refractivity contribution in [1.82, 2.24) is 4.90 Å². The number of aliphatic carboxylic acids is 1. The van der Waals surface area contributed by atoms with E-state index in [1.165, 1.54) is 0 Å². The monoisotopic (exact) mass is 199 g/mol. The van der Waals surface area contributed by atoms with E-state index >= 15 is 0 Å². The Hall–Kier alpha value is -0.570. The molecule has 1 saturated carbocycles. The molecule has 0 spiro atoms. The number of carboxylic acid groups (broad SMARTS) is 1. The van der Waals surface area contributed by atoms with Crippen LogP contribution >= 0.6 is 0 Å². The molecule has 0 amide bonds. The van der Waals surface area contributed by atoms with Gasteiger partial charge in [-0.1, -0.05) is 13.8 Å². The van der Waals surface area contributed by atoms with Gasteiger partial charge in [0, 0.05) is 6.54 Å². The van der Waals surface area contributed by atoms with Gasteiger partial charge in [-0.2, -0.15) is 0 Å². The average molecular weight is 199 g/mol. The number of carbonyl (C=O) groups is 1. The zero-order chi connectivity index (χ0) is 10.6. The summed E-state index contributed by atoms with van der Waals surface area (Å²) in [7, 11) is 0. The Morgan fingerprint density at radius 2 is 2.07 bits per heavy atom. The Morgan fingerprint density at radius 3 is 2.43 bits per heavy atom. The summed E-state index contributed by atoms with van der Waals surface area (Å²) in [6.07, 6.45) is 3.70. The number of hydrogen-bond acceptors (Lipinski definition) is 2. The van der Waals surface area contributed by atoms with Crippen molar-refractivity contribution in [3.63, 3.8) is 0 Å². The van der Waals surface area contributed by atoms with E-state index < -0.39 is 5.97 Å². The van der Waals surface area contributed by atoms with E-state index in [0.29, 0.717) is 6.42 Å². The first-order valence-corrected chi connectivity index (χ1v) is 5.56. The predicted octanol–water partition coefficient (Wildman–Crippen LogP) is 1.97. The van der Waals surface area contributed by atoms with Crippen LogP contribution in [0.15, 0.2) is 0 Å². The van der Waals surface area contributed by atoms with Gasteiger partial charge < -0.3 is 10.0 Å². The van der Waals surface area contributed by atoms with E-state index in [-0.39, 0.29) is 5.41 Å². The average Bonchev–Trinajstić information content (AvgIpc) is 2.83. The molecule has 0 atom stereocenters. The van der Waals surface area contributed by atoms with Crippen LogP contribution in [0.1, 0.15) is 39.5 Å². The zero-order valence-corrected chi connectivity index (χ0v) is 9.25. The van der Waals surface area contributed by atoms with Crippen LogP contribution in [0.2, 0.25) is 0 Å². The first kappa shape index (κ1) is 11.5. The fourth-order valence-electron chi connectivity index (χ4n) is 2.03. The van der Waals surface area contributed by atoms with Gasteiger partial charge in [-0.3, -0.25) is 4.79 Å². The van der Waals surface area contributed by atoms with Gasteiger partial charge in [0.15, 0.2) is 0 Å². The van der Waals surface area contributed by atoms with Gasteiger partial charge in [0.2, 0.25) is 0 Å². The molecule has 0 aromatic carbocycles. The Kier molecular flexibility index (Phi) is 3.93. The van der Waals surface area contributed by atoms with E-state index in [1.807, 2.05) is 0 Å². The molecule has 0 bridgehead atoms. The summed E-state index contributed by atoms with van der Waals surface area (Å²) in [5, 5.41) is 8.79. The minimum absolute atomic E-state index is 0.122. The molecule has 1 rings (SSSR count). The van der Waals surface area contributed by atoms with Gasteiger partial charge in [0.25, 0.3) is 0 Å². The fourth-order valence-corrected chi connectivity index (χ4v) is 2.03. The molecule has 0 aliphatic heterocycles. The van der Waals surface area contributed by atoms with Crippen molar-refractivity contribution >= 4 is 5.97 Å². The van der Waals surface area contributed by atoms with Gasteiger partial charge in [0.05, 0.1) is 6.42 Å². The zero-order valence-electron chi connectivity index (χ0n) is 9.25. The van der Waals surface area contributed by atoms with Crippen LogP contribution in [-0.4, -0.2) is 35.6 Å². The first-order valence-electron chi connectivity index (χ1n) is 5.56. The van der Waals surface area contributed by atoms with Crippen molar-refractivity contribution in [3.8, 4) is 0 Å². The summed E-state index contributed by atoms with van der Waals surface area (Å²) in [4.78, 5) is 13.0. The Labute approximate surface area is 86.1 Å². The molecule has 1 fully saturated rings. The lowest BCUT2D eigenvalue weighted by Gasteiger charge is -2.24. The molecule has 1 aliphatic carbocycles. The second kappa shape index (κ2) is 4.78. The number of carboxylic acids is 1. The van der Waals surface area contributed by atoms with Gasteiger partial charge in [-0.25, -0.2) is 0 Å². The molecule has 0 saturated heterocycles. The molecule has 82 valence electrons. The number of nitrogens with zero attached hydrogens (tertiary/aromatic N) is 1. The van der Waals surface area contributed by atoms with E-state index in [9.17, 15) is 4.79 Å². The van der Waals surface area contributed by atoms with Crippen LogP contribution in [0.3, 0.4) is 0 Å². The highest BCUT2D eigenvalue weighted by atomic mass is 16.4. The van der Waals surface area contributed by atoms with Crippen LogP contribution in [0.5, 0.6) is 0 Å². The van der Waals surface area contributed by atoms with Crippen molar-refractivity contribution in [1.29, 1.82) is 0 Å². The molecule has 14 heavy (non-hydrogen) atoms. The standard InChI is InChI=1S/C11H21NO2/c1-3-7-12(4-2)9-11(5-6-11)8-10(13)14/h3-9H2,1-2H3,(H,13,14). The topological polar surface area (TPSA) is 40.5 Å². The van der Waals surface area contributed by atoms with E-state index in [1.54, 1.807) is 0 Å². The second-order valence-corrected chi connectivity index (χ2v) is 4.44. The molecule has 3 heteroatoms. The van der Waals surface area contributed by atoms with Gasteiger partial charge >= 0.3 is 5.97 Å². The Bertz CT molecular complexity index is 199. The summed E-state index contributed by atoms with van der Waals surface area (Å²) in [6.45, 7) is 7.42. The highest BCUT2D eigenvalue weighted by molar-refractivity contribution is 5.68. The minimum Gasteiger partial charge on any atom is -0.481 e. The summed E-state index contributed by atoms with van der Waals surface area (Å²) < 4.78 is 0. The van der Waals surface area contributed by atoms with Crippen molar-refractivity contribution in [2.24, 2.45) is 5.41 Å². The molecule has 0 radical (unpaired) electrons. The lowest BCUT2D eigenvalue weighted by molar-refractivity contribution is -0.138. The molecular formula is C11H21NO2. The van der Waals surface area contributed by atoms with Crippen molar-refractivity contribution in [3.05, 3.63) is 0 Å². The van der Waals surface area contributed by atoms with E-state index in [4.69, 9.17) is 5.11 Å². The Morgan fingerprint density at radius 1 is 1.43 bits per heavy atom. The summed E-state index contributed by atoms with van der Waals surface area (Å²) in [5.74, 6) is -0.643. The molecule has 0 unspecified atom stereocenters. The minimum atomic E-state index is -0.643. The maximum atomic E-state index is 10.7. The van der Waals surface area contributed by atoms with Crippen LogP contribution < -0.4 is 0 Å². The number of hydrogen-bond donors (Lipinski definition) is 1.